The topological polar surface area (TPSA) is 151 Å². The van der Waals surface area contributed by atoms with E-state index in [0.29, 0.717) is 37.8 Å². The van der Waals surface area contributed by atoms with Crippen LogP contribution in [0.5, 0.6) is 23.1 Å². The summed E-state index contributed by atoms with van der Waals surface area (Å²) < 4.78 is 52.1. The van der Waals surface area contributed by atoms with E-state index >= 15 is 0 Å². The Bertz CT molecular complexity index is 1330. The monoisotopic (exact) mass is 544 g/mol. The van der Waals surface area contributed by atoms with Crippen LogP contribution in [0.4, 0.5) is 11.8 Å². The first-order valence-corrected chi connectivity index (χ1v) is 13.7. The highest BCUT2D eigenvalue weighted by molar-refractivity contribution is 7.92. The second-order valence-electron chi connectivity index (χ2n) is 8.69. The Balaban J connectivity index is 1.81. The van der Waals surface area contributed by atoms with Gasteiger partial charge in [0.2, 0.25) is 11.7 Å². The number of hydrogen-bond donors (Lipinski definition) is 2. The highest BCUT2D eigenvalue weighted by Gasteiger charge is 2.27. The van der Waals surface area contributed by atoms with Crippen molar-refractivity contribution in [1.29, 1.82) is 0 Å². The minimum Gasteiger partial charge on any atom is -0.493 e. The third-order valence-electron chi connectivity index (χ3n) is 5.69. The molecule has 0 amide bonds. The molecule has 1 aliphatic heterocycles. The van der Waals surface area contributed by atoms with Gasteiger partial charge in [0.1, 0.15) is 6.61 Å². The summed E-state index contributed by atoms with van der Waals surface area (Å²) in [5.74, 6) is 1.07. The lowest BCUT2D eigenvalue weighted by atomic mass is 10.1. The van der Waals surface area contributed by atoms with Crippen molar-refractivity contribution in [1.82, 2.24) is 15.0 Å². The number of morpholine rings is 1. The molecule has 13 heteroatoms. The van der Waals surface area contributed by atoms with Gasteiger partial charge in [-0.2, -0.15) is 18.4 Å². The molecule has 3 heterocycles. The van der Waals surface area contributed by atoms with Crippen LogP contribution in [-0.4, -0.2) is 69.9 Å². The maximum atomic E-state index is 13.4. The van der Waals surface area contributed by atoms with Crippen LogP contribution in [0.25, 0.3) is 0 Å². The average molecular weight is 545 g/mol. The average Bonchev–Trinajstić information content (AvgIpc) is 2.93. The van der Waals surface area contributed by atoms with Crippen LogP contribution in [0.3, 0.4) is 0 Å². The first-order valence-electron chi connectivity index (χ1n) is 12.2. The highest BCUT2D eigenvalue weighted by atomic mass is 32.2. The SMILES string of the molecule is COc1ccccc1Oc1c(NS(=O)(=O)c2ccc(C(C)C)cn2)nc(N2CCOCC2)nc1OCCN. The fourth-order valence-electron chi connectivity index (χ4n) is 3.62. The van der Waals surface area contributed by atoms with Gasteiger partial charge in [0.25, 0.3) is 15.9 Å². The predicted octanol–water partition coefficient (Wildman–Crippen LogP) is 2.77. The molecule has 3 aromatic rings. The molecule has 0 saturated carbocycles. The third-order valence-corrected chi connectivity index (χ3v) is 6.94. The largest absolute Gasteiger partial charge is 0.493 e. The summed E-state index contributed by atoms with van der Waals surface area (Å²) in [5, 5.41) is -0.166. The van der Waals surface area contributed by atoms with E-state index in [1.165, 1.54) is 13.2 Å². The van der Waals surface area contributed by atoms with Gasteiger partial charge in [-0.25, -0.2) is 4.98 Å². The number of nitrogens with zero attached hydrogens (tertiary/aromatic N) is 4. The highest BCUT2D eigenvalue weighted by Crippen LogP contribution is 2.41. The molecule has 1 aliphatic rings. The number of para-hydroxylation sites is 2. The van der Waals surface area contributed by atoms with Gasteiger partial charge in [0.15, 0.2) is 22.3 Å². The van der Waals surface area contributed by atoms with Crippen LogP contribution in [0.1, 0.15) is 25.3 Å². The first kappa shape index (κ1) is 27.4. The van der Waals surface area contributed by atoms with Crippen molar-refractivity contribution in [3.8, 4) is 23.1 Å². The van der Waals surface area contributed by atoms with Crippen LogP contribution in [-0.2, 0) is 14.8 Å². The molecule has 1 fully saturated rings. The van der Waals surface area contributed by atoms with Crippen LogP contribution in [0, 0.1) is 0 Å². The van der Waals surface area contributed by atoms with Crippen LogP contribution >= 0.6 is 0 Å². The molecule has 0 aliphatic carbocycles. The van der Waals surface area contributed by atoms with Crippen molar-refractivity contribution in [2.45, 2.75) is 24.8 Å². The molecule has 0 atom stereocenters. The van der Waals surface area contributed by atoms with E-state index in [1.54, 1.807) is 36.5 Å². The number of benzene rings is 1. The van der Waals surface area contributed by atoms with Crippen molar-refractivity contribution >= 4 is 21.8 Å². The van der Waals surface area contributed by atoms with Gasteiger partial charge >= 0.3 is 0 Å². The second-order valence-corrected chi connectivity index (χ2v) is 10.3. The standard InChI is InChI=1S/C25H32N6O6S/c1-17(2)18-8-9-21(27-16-18)38(32,33)30-23-22(37-20-7-5-4-6-19(20)34-3)24(36-13-10-26)29-25(28-23)31-11-14-35-15-12-31/h4-9,16-17H,10-15,26H2,1-3H3,(H,28,29,30). The summed E-state index contributed by atoms with van der Waals surface area (Å²) in [4.78, 5) is 15.1. The summed E-state index contributed by atoms with van der Waals surface area (Å²) >= 11 is 0. The number of hydrogen-bond acceptors (Lipinski definition) is 11. The summed E-state index contributed by atoms with van der Waals surface area (Å²) in [6.07, 6.45) is 1.54. The van der Waals surface area contributed by atoms with Crippen LogP contribution in [0.2, 0.25) is 0 Å². The zero-order chi connectivity index (χ0) is 27.1. The Hall–Kier alpha value is -3.68. The molecule has 0 radical (unpaired) electrons. The first-order chi connectivity index (χ1) is 18.3. The maximum absolute atomic E-state index is 13.4. The summed E-state index contributed by atoms with van der Waals surface area (Å²) in [6, 6.07) is 10.1. The van der Waals surface area contributed by atoms with Crippen molar-refractivity contribution in [2.75, 3.05) is 56.2 Å². The quantitative estimate of drug-likeness (QED) is 0.367. The molecule has 12 nitrogen and oxygen atoms in total. The zero-order valence-corrected chi connectivity index (χ0v) is 22.4. The molecule has 1 saturated heterocycles. The molecular formula is C25H32N6O6S. The van der Waals surface area contributed by atoms with Gasteiger partial charge in [-0.3, -0.25) is 4.72 Å². The van der Waals surface area contributed by atoms with Gasteiger partial charge in [0, 0.05) is 25.8 Å². The lowest BCUT2D eigenvalue weighted by Crippen LogP contribution is -2.37. The number of anilines is 2. The minimum absolute atomic E-state index is 0.0265. The molecule has 3 N–H and O–H groups in total. The summed E-state index contributed by atoms with van der Waals surface area (Å²) in [5.41, 5.74) is 6.59. The number of rotatable bonds is 11. The number of nitrogens with two attached hydrogens (primary N) is 1. The number of nitrogens with one attached hydrogen (secondary N) is 1. The Morgan fingerprint density at radius 1 is 1.11 bits per heavy atom. The number of pyridine rings is 1. The van der Waals surface area contributed by atoms with Crippen LogP contribution in [0.15, 0.2) is 47.6 Å². The van der Waals surface area contributed by atoms with Crippen molar-refractivity contribution < 1.29 is 27.4 Å². The molecule has 0 spiro atoms. The van der Waals surface area contributed by atoms with Crippen molar-refractivity contribution in [3.63, 3.8) is 0 Å². The second kappa shape index (κ2) is 12.2. The Kier molecular flexibility index (Phi) is 8.81. The smallest absolute Gasteiger partial charge is 0.280 e. The van der Waals surface area contributed by atoms with E-state index in [1.807, 2.05) is 18.7 Å². The molecular weight excluding hydrogens is 512 g/mol. The lowest BCUT2D eigenvalue weighted by molar-refractivity contribution is 0.122. The van der Waals surface area contributed by atoms with E-state index in [2.05, 4.69) is 19.7 Å². The fraction of sp³-hybridized carbons (Fsp3) is 0.400. The van der Waals surface area contributed by atoms with E-state index < -0.39 is 10.0 Å². The number of aromatic nitrogens is 3. The van der Waals surface area contributed by atoms with Gasteiger partial charge in [0.05, 0.1) is 20.3 Å². The molecule has 4 rings (SSSR count). The Labute approximate surface area is 222 Å². The van der Waals surface area contributed by atoms with Crippen LogP contribution < -0.4 is 29.6 Å². The van der Waals surface area contributed by atoms with Gasteiger partial charge < -0.3 is 29.6 Å². The fourth-order valence-corrected chi connectivity index (χ4v) is 4.56. The molecule has 0 unspecified atom stereocenters. The lowest BCUT2D eigenvalue weighted by Gasteiger charge is -2.28. The van der Waals surface area contributed by atoms with Gasteiger partial charge in [-0.1, -0.05) is 32.0 Å². The molecule has 204 valence electrons. The van der Waals surface area contributed by atoms with E-state index in [-0.39, 0.29) is 47.5 Å². The van der Waals surface area contributed by atoms with Gasteiger partial charge in [-0.15, -0.1) is 0 Å². The Morgan fingerprint density at radius 2 is 1.84 bits per heavy atom. The maximum Gasteiger partial charge on any atom is 0.280 e. The molecule has 0 bridgehead atoms. The minimum atomic E-state index is -4.16. The molecule has 2 aromatic heterocycles. The molecule has 1 aromatic carbocycles. The van der Waals surface area contributed by atoms with Gasteiger partial charge in [-0.05, 0) is 29.7 Å². The van der Waals surface area contributed by atoms with E-state index in [9.17, 15) is 8.42 Å². The number of ether oxygens (including phenoxy) is 4. The van der Waals surface area contributed by atoms with Crippen molar-refractivity contribution in [3.05, 3.63) is 48.2 Å². The predicted molar refractivity (Wildman–Crippen MR) is 142 cm³/mol. The third kappa shape index (κ3) is 6.41. The zero-order valence-electron chi connectivity index (χ0n) is 21.6. The van der Waals surface area contributed by atoms with Crippen molar-refractivity contribution in [2.24, 2.45) is 5.73 Å². The summed E-state index contributed by atoms with van der Waals surface area (Å²) in [6.45, 7) is 6.33. The normalized spacial score (nSPS) is 13.9. The Morgan fingerprint density at radius 3 is 2.47 bits per heavy atom. The number of sulfonamides is 1. The van der Waals surface area contributed by atoms with E-state index in [4.69, 9.17) is 24.7 Å². The molecule has 38 heavy (non-hydrogen) atoms. The number of methoxy groups -OCH3 is 1. The summed E-state index contributed by atoms with van der Waals surface area (Å²) in [7, 11) is -2.65. The van der Waals surface area contributed by atoms with E-state index in [0.717, 1.165) is 5.56 Å².